The minimum absolute atomic E-state index is 0.276. The minimum Gasteiger partial charge on any atom is -0.465 e. The number of aromatic nitrogens is 1. The number of nitrogens with zero attached hydrogens (tertiary/aromatic N) is 1. The number of carbonyl (C=O) groups excluding carboxylic acids is 1. The first-order valence-electron chi connectivity index (χ1n) is 8.00. The van der Waals surface area contributed by atoms with Crippen molar-refractivity contribution < 1.29 is 14.3 Å². The van der Waals surface area contributed by atoms with Crippen LogP contribution < -0.4 is 0 Å². The van der Waals surface area contributed by atoms with Crippen molar-refractivity contribution in [1.82, 2.24) is 4.57 Å². The van der Waals surface area contributed by atoms with Crippen molar-refractivity contribution in [1.29, 1.82) is 0 Å². The average Bonchev–Trinajstić information content (AvgIpc) is 2.85. The predicted octanol–water partition coefficient (Wildman–Crippen LogP) is 4.38. The molecule has 124 valence electrons. The normalized spacial score (nSPS) is 17.4. The van der Waals surface area contributed by atoms with Crippen molar-refractivity contribution in [2.24, 2.45) is 5.92 Å². The molecule has 1 aromatic carbocycles. The standard InChI is InChI=1S/C18H22ClNO3/c1-11(13-6-8-23-9-7-13)20-12(2)17(18(21)22-3)15-5-4-14(19)10-16(15)20/h4-5,10-11,13H,6-9H2,1-3H3. The Bertz CT molecular complexity index is 731. The zero-order chi connectivity index (χ0) is 16.6. The van der Waals surface area contributed by atoms with Gasteiger partial charge in [-0.2, -0.15) is 0 Å². The lowest BCUT2D eigenvalue weighted by atomic mass is 9.92. The molecule has 0 N–H and O–H groups in total. The van der Waals surface area contributed by atoms with Gasteiger partial charge in [0, 0.05) is 35.4 Å². The van der Waals surface area contributed by atoms with Gasteiger partial charge in [0.2, 0.25) is 0 Å². The average molecular weight is 336 g/mol. The maximum Gasteiger partial charge on any atom is 0.340 e. The quantitative estimate of drug-likeness (QED) is 0.782. The van der Waals surface area contributed by atoms with E-state index >= 15 is 0 Å². The lowest BCUT2D eigenvalue weighted by Crippen LogP contribution is -2.24. The van der Waals surface area contributed by atoms with Crippen LogP contribution in [0.2, 0.25) is 5.02 Å². The van der Waals surface area contributed by atoms with Gasteiger partial charge in [0.05, 0.1) is 18.2 Å². The van der Waals surface area contributed by atoms with E-state index in [-0.39, 0.29) is 12.0 Å². The summed E-state index contributed by atoms with van der Waals surface area (Å²) in [5, 5.41) is 1.57. The van der Waals surface area contributed by atoms with Crippen LogP contribution in [0, 0.1) is 12.8 Å². The number of benzene rings is 1. The molecule has 0 amide bonds. The molecule has 0 bridgehead atoms. The summed E-state index contributed by atoms with van der Waals surface area (Å²) in [5.41, 5.74) is 2.57. The molecule has 23 heavy (non-hydrogen) atoms. The van der Waals surface area contributed by atoms with Crippen LogP contribution in [0.25, 0.3) is 10.9 Å². The largest absolute Gasteiger partial charge is 0.465 e. The summed E-state index contributed by atoms with van der Waals surface area (Å²) in [7, 11) is 1.42. The Balaban J connectivity index is 2.16. The number of ether oxygens (including phenoxy) is 2. The maximum absolute atomic E-state index is 12.3. The molecule has 1 unspecified atom stereocenters. The fraction of sp³-hybridized carbons (Fsp3) is 0.500. The van der Waals surface area contributed by atoms with Gasteiger partial charge in [-0.25, -0.2) is 4.79 Å². The molecule has 1 atom stereocenters. The van der Waals surface area contributed by atoms with Gasteiger partial charge in [0.1, 0.15) is 0 Å². The molecule has 0 radical (unpaired) electrons. The van der Waals surface area contributed by atoms with E-state index in [1.165, 1.54) is 7.11 Å². The summed E-state index contributed by atoms with van der Waals surface area (Å²) in [6.45, 7) is 5.80. The van der Waals surface area contributed by atoms with Crippen LogP contribution in [-0.4, -0.2) is 30.9 Å². The molecule has 5 heteroatoms. The second kappa shape index (κ2) is 6.54. The van der Waals surface area contributed by atoms with Crippen molar-refractivity contribution in [3.63, 3.8) is 0 Å². The third kappa shape index (κ3) is 2.86. The van der Waals surface area contributed by atoms with Gasteiger partial charge in [0.25, 0.3) is 0 Å². The van der Waals surface area contributed by atoms with Gasteiger partial charge in [-0.1, -0.05) is 17.7 Å². The van der Waals surface area contributed by atoms with Crippen molar-refractivity contribution in [2.45, 2.75) is 32.7 Å². The molecule has 0 saturated carbocycles. The summed E-state index contributed by atoms with van der Waals surface area (Å²) < 4.78 is 12.7. The fourth-order valence-electron chi connectivity index (χ4n) is 3.71. The molecule has 1 aliphatic heterocycles. The molecule has 3 rings (SSSR count). The van der Waals surface area contributed by atoms with Gasteiger partial charge < -0.3 is 14.0 Å². The number of rotatable bonds is 3. The maximum atomic E-state index is 12.3. The highest BCUT2D eigenvalue weighted by molar-refractivity contribution is 6.31. The van der Waals surface area contributed by atoms with E-state index in [2.05, 4.69) is 11.5 Å². The highest BCUT2D eigenvalue weighted by atomic mass is 35.5. The number of esters is 1. The van der Waals surface area contributed by atoms with E-state index in [0.717, 1.165) is 42.7 Å². The fourth-order valence-corrected chi connectivity index (χ4v) is 3.87. The summed E-state index contributed by atoms with van der Waals surface area (Å²) in [6, 6.07) is 5.94. The summed E-state index contributed by atoms with van der Waals surface area (Å²) in [5.74, 6) is 0.232. The summed E-state index contributed by atoms with van der Waals surface area (Å²) in [4.78, 5) is 12.3. The Hall–Kier alpha value is -1.52. The Morgan fingerprint density at radius 1 is 1.39 bits per heavy atom. The number of fused-ring (bicyclic) bond motifs is 1. The Kier molecular flexibility index (Phi) is 4.64. The van der Waals surface area contributed by atoms with Crippen LogP contribution in [0.5, 0.6) is 0 Å². The number of methoxy groups -OCH3 is 1. The van der Waals surface area contributed by atoms with Crippen molar-refractivity contribution in [3.05, 3.63) is 34.5 Å². The highest BCUT2D eigenvalue weighted by Crippen LogP contribution is 2.36. The third-order valence-electron chi connectivity index (χ3n) is 4.96. The van der Waals surface area contributed by atoms with Crippen LogP contribution in [0.4, 0.5) is 0 Å². The molecular formula is C18H22ClNO3. The lowest BCUT2D eigenvalue weighted by Gasteiger charge is -2.30. The Labute approximate surface area is 141 Å². The van der Waals surface area contributed by atoms with E-state index in [0.29, 0.717) is 16.5 Å². The third-order valence-corrected chi connectivity index (χ3v) is 5.19. The Morgan fingerprint density at radius 3 is 2.74 bits per heavy atom. The first-order valence-corrected chi connectivity index (χ1v) is 8.38. The summed E-state index contributed by atoms with van der Waals surface area (Å²) in [6.07, 6.45) is 2.07. The van der Waals surface area contributed by atoms with Crippen LogP contribution in [-0.2, 0) is 9.47 Å². The van der Waals surface area contributed by atoms with E-state index in [4.69, 9.17) is 21.1 Å². The molecule has 1 aliphatic rings. The topological polar surface area (TPSA) is 40.5 Å². The molecule has 1 saturated heterocycles. The second-order valence-corrected chi connectivity index (χ2v) is 6.61. The van der Waals surface area contributed by atoms with Gasteiger partial charge in [0.15, 0.2) is 0 Å². The van der Waals surface area contributed by atoms with Crippen LogP contribution >= 0.6 is 11.6 Å². The number of halogens is 1. The predicted molar refractivity (Wildman–Crippen MR) is 91.3 cm³/mol. The molecule has 2 aromatic rings. The molecule has 2 heterocycles. The van der Waals surface area contributed by atoms with Crippen LogP contribution in [0.1, 0.15) is 41.9 Å². The molecule has 4 nitrogen and oxygen atoms in total. The van der Waals surface area contributed by atoms with Crippen LogP contribution in [0.3, 0.4) is 0 Å². The van der Waals surface area contributed by atoms with Gasteiger partial charge in [-0.05, 0) is 44.7 Å². The van der Waals surface area contributed by atoms with Crippen molar-refractivity contribution >= 4 is 28.5 Å². The highest BCUT2D eigenvalue weighted by Gasteiger charge is 2.28. The van der Waals surface area contributed by atoms with Crippen molar-refractivity contribution in [2.75, 3.05) is 20.3 Å². The first-order chi connectivity index (χ1) is 11.0. The minimum atomic E-state index is -0.298. The number of hydrogen-bond acceptors (Lipinski definition) is 3. The van der Waals surface area contributed by atoms with E-state index in [1.54, 1.807) is 0 Å². The smallest absolute Gasteiger partial charge is 0.340 e. The second-order valence-electron chi connectivity index (χ2n) is 6.17. The first kappa shape index (κ1) is 16.3. The molecule has 1 fully saturated rings. The number of hydrogen-bond donors (Lipinski definition) is 0. The molecular weight excluding hydrogens is 314 g/mol. The van der Waals surface area contributed by atoms with Gasteiger partial charge in [-0.15, -0.1) is 0 Å². The molecule has 0 spiro atoms. The van der Waals surface area contributed by atoms with Gasteiger partial charge >= 0.3 is 5.97 Å². The summed E-state index contributed by atoms with van der Waals surface area (Å²) >= 11 is 6.21. The molecule has 0 aliphatic carbocycles. The van der Waals surface area contributed by atoms with Crippen LogP contribution in [0.15, 0.2) is 18.2 Å². The lowest BCUT2D eigenvalue weighted by molar-refractivity contribution is 0.0514. The Morgan fingerprint density at radius 2 is 2.09 bits per heavy atom. The SMILES string of the molecule is COC(=O)c1c(C)n(C(C)C2CCOCC2)c2cc(Cl)ccc12. The van der Waals surface area contributed by atoms with E-state index in [9.17, 15) is 4.79 Å². The zero-order valence-corrected chi connectivity index (χ0v) is 14.5. The van der Waals surface area contributed by atoms with Gasteiger partial charge in [-0.3, -0.25) is 0 Å². The zero-order valence-electron chi connectivity index (χ0n) is 13.8. The van der Waals surface area contributed by atoms with E-state index < -0.39 is 0 Å². The van der Waals surface area contributed by atoms with Crippen molar-refractivity contribution in [3.8, 4) is 0 Å². The monoisotopic (exact) mass is 335 g/mol. The molecule has 1 aromatic heterocycles. The van der Waals surface area contributed by atoms with E-state index in [1.807, 2.05) is 25.1 Å². The number of carbonyl (C=O) groups is 1.